The Morgan fingerprint density at radius 3 is 2.09 bits per heavy atom. The number of benzene rings is 3. The molecule has 0 aliphatic carbocycles. The predicted octanol–water partition coefficient (Wildman–Crippen LogP) is 5.06. The van der Waals surface area contributed by atoms with Gasteiger partial charge in [-0.1, -0.05) is 35.9 Å². The molecule has 0 radical (unpaired) electrons. The fourth-order valence-electron chi connectivity index (χ4n) is 3.56. The van der Waals surface area contributed by atoms with Crippen molar-refractivity contribution in [2.45, 2.75) is 6.92 Å². The molecule has 1 aliphatic rings. The normalized spacial score (nSPS) is 13.6. The lowest BCUT2D eigenvalue weighted by atomic mass is 10.0. The number of halogens is 1. The van der Waals surface area contributed by atoms with E-state index in [1.54, 1.807) is 68.8 Å². The number of hydrogen-bond acceptors (Lipinski definition) is 5. The number of carbonyl (C=O) groups excluding carboxylic acids is 2. The SMILES string of the molecule is COc1cc(NC2=C(c3ccc(Cl)cc3)C(=O)N(c3cccc(C)c3)C2=O)cc(OC)c1. The van der Waals surface area contributed by atoms with Crippen molar-refractivity contribution in [1.82, 2.24) is 0 Å². The first-order valence-electron chi connectivity index (χ1n) is 9.87. The number of imide groups is 1. The first-order valence-corrected chi connectivity index (χ1v) is 10.2. The fraction of sp³-hybridized carbons (Fsp3) is 0.120. The number of amides is 2. The highest BCUT2D eigenvalue weighted by Crippen LogP contribution is 2.35. The quantitative estimate of drug-likeness (QED) is 0.534. The number of ether oxygens (including phenoxy) is 2. The largest absolute Gasteiger partial charge is 0.497 e. The summed E-state index contributed by atoms with van der Waals surface area (Å²) in [6.07, 6.45) is 0. The number of aryl methyl sites for hydroxylation is 1. The summed E-state index contributed by atoms with van der Waals surface area (Å²) in [6.45, 7) is 1.91. The molecule has 6 nitrogen and oxygen atoms in total. The molecule has 4 rings (SSSR count). The molecule has 0 bridgehead atoms. The summed E-state index contributed by atoms with van der Waals surface area (Å²) < 4.78 is 10.7. The number of methoxy groups -OCH3 is 2. The van der Waals surface area contributed by atoms with Crippen LogP contribution in [0.4, 0.5) is 11.4 Å². The molecular formula is C25H21ClN2O4. The van der Waals surface area contributed by atoms with Crippen LogP contribution in [-0.2, 0) is 9.59 Å². The molecular weight excluding hydrogens is 428 g/mol. The molecule has 0 atom stereocenters. The highest BCUT2D eigenvalue weighted by atomic mass is 35.5. The maximum atomic E-state index is 13.5. The van der Waals surface area contributed by atoms with Crippen molar-refractivity contribution in [1.29, 1.82) is 0 Å². The monoisotopic (exact) mass is 448 g/mol. The van der Waals surface area contributed by atoms with Gasteiger partial charge in [0.25, 0.3) is 11.8 Å². The summed E-state index contributed by atoms with van der Waals surface area (Å²) in [4.78, 5) is 28.1. The molecule has 1 heterocycles. The van der Waals surface area contributed by atoms with Gasteiger partial charge in [-0.3, -0.25) is 9.59 Å². The molecule has 0 saturated carbocycles. The van der Waals surface area contributed by atoms with Crippen LogP contribution in [0, 0.1) is 6.92 Å². The van der Waals surface area contributed by atoms with E-state index in [0.29, 0.717) is 33.5 Å². The van der Waals surface area contributed by atoms with Crippen molar-refractivity contribution in [3.63, 3.8) is 0 Å². The van der Waals surface area contributed by atoms with Gasteiger partial charge in [0.05, 0.1) is 25.5 Å². The number of rotatable bonds is 6. The minimum absolute atomic E-state index is 0.161. The second-order valence-electron chi connectivity index (χ2n) is 7.27. The van der Waals surface area contributed by atoms with Gasteiger partial charge in [0.1, 0.15) is 17.2 Å². The topological polar surface area (TPSA) is 67.9 Å². The minimum Gasteiger partial charge on any atom is -0.497 e. The van der Waals surface area contributed by atoms with Crippen LogP contribution in [0.1, 0.15) is 11.1 Å². The Morgan fingerprint density at radius 2 is 1.50 bits per heavy atom. The van der Waals surface area contributed by atoms with Crippen molar-refractivity contribution in [3.8, 4) is 11.5 Å². The number of carbonyl (C=O) groups is 2. The molecule has 0 aromatic heterocycles. The van der Waals surface area contributed by atoms with Gasteiger partial charge in [-0.15, -0.1) is 0 Å². The summed E-state index contributed by atoms with van der Waals surface area (Å²) in [6, 6.07) is 19.2. The van der Waals surface area contributed by atoms with E-state index < -0.39 is 11.8 Å². The lowest BCUT2D eigenvalue weighted by molar-refractivity contribution is -0.120. The van der Waals surface area contributed by atoms with Crippen molar-refractivity contribution in [3.05, 3.63) is 88.6 Å². The maximum Gasteiger partial charge on any atom is 0.282 e. The summed E-state index contributed by atoms with van der Waals surface area (Å²) in [5.41, 5.74) is 3.00. The van der Waals surface area contributed by atoms with Gasteiger partial charge in [0, 0.05) is 28.9 Å². The average molecular weight is 449 g/mol. The number of nitrogens with zero attached hydrogens (tertiary/aromatic N) is 1. The first-order chi connectivity index (χ1) is 15.4. The van der Waals surface area contributed by atoms with Crippen LogP contribution in [0.2, 0.25) is 5.02 Å². The molecule has 7 heteroatoms. The Labute approximate surface area is 191 Å². The molecule has 0 unspecified atom stereocenters. The minimum atomic E-state index is -0.452. The molecule has 2 amide bonds. The van der Waals surface area contributed by atoms with Crippen LogP contribution >= 0.6 is 11.6 Å². The zero-order chi connectivity index (χ0) is 22.8. The van der Waals surface area contributed by atoms with E-state index in [4.69, 9.17) is 21.1 Å². The van der Waals surface area contributed by atoms with E-state index in [0.717, 1.165) is 5.56 Å². The van der Waals surface area contributed by atoms with E-state index in [2.05, 4.69) is 5.32 Å². The van der Waals surface area contributed by atoms with Gasteiger partial charge in [0.2, 0.25) is 0 Å². The second-order valence-corrected chi connectivity index (χ2v) is 7.70. The van der Waals surface area contributed by atoms with Gasteiger partial charge in [-0.25, -0.2) is 4.90 Å². The van der Waals surface area contributed by atoms with E-state index in [-0.39, 0.29) is 11.3 Å². The molecule has 0 saturated heterocycles. The lowest BCUT2D eigenvalue weighted by Crippen LogP contribution is -2.32. The van der Waals surface area contributed by atoms with Gasteiger partial charge in [-0.2, -0.15) is 0 Å². The lowest BCUT2D eigenvalue weighted by Gasteiger charge is -2.16. The van der Waals surface area contributed by atoms with Gasteiger partial charge in [0.15, 0.2) is 0 Å². The van der Waals surface area contributed by atoms with Crippen molar-refractivity contribution < 1.29 is 19.1 Å². The third kappa shape index (κ3) is 4.05. The Bertz CT molecular complexity index is 1210. The molecule has 32 heavy (non-hydrogen) atoms. The van der Waals surface area contributed by atoms with Crippen LogP contribution in [-0.4, -0.2) is 26.0 Å². The first kappa shape index (κ1) is 21.5. The van der Waals surface area contributed by atoms with Crippen LogP contribution < -0.4 is 19.7 Å². The third-order valence-electron chi connectivity index (χ3n) is 5.10. The van der Waals surface area contributed by atoms with E-state index in [1.165, 1.54) is 4.90 Å². The summed E-state index contributed by atoms with van der Waals surface area (Å²) in [7, 11) is 3.08. The number of anilines is 2. The third-order valence-corrected chi connectivity index (χ3v) is 5.35. The van der Waals surface area contributed by atoms with E-state index in [9.17, 15) is 9.59 Å². The second kappa shape index (κ2) is 8.77. The van der Waals surface area contributed by atoms with Crippen molar-refractivity contribution in [2.75, 3.05) is 24.4 Å². The highest BCUT2D eigenvalue weighted by molar-refractivity contribution is 6.46. The van der Waals surface area contributed by atoms with E-state index in [1.807, 2.05) is 19.1 Å². The van der Waals surface area contributed by atoms with Crippen LogP contribution in [0.15, 0.2) is 72.4 Å². The average Bonchev–Trinajstić information content (AvgIpc) is 3.03. The highest BCUT2D eigenvalue weighted by Gasteiger charge is 2.40. The van der Waals surface area contributed by atoms with E-state index >= 15 is 0 Å². The zero-order valence-electron chi connectivity index (χ0n) is 17.8. The Balaban J connectivity index is 1.83. The van der Waals surface area contributed by atoms with Gasteiger partial charge in [-0.05, 0) is 42.3 Å². The van der Waals surface area contributed by atoms with Gasteiger partial charge >= 0.3 is 0 Å². The summed E-state index contributed by atoms with van der Waals surface area (Å²) in [5.74, 6) is 0.230. The number of hydrogen-bond donors (Lipinski definition) is 1. The Hall–Kier alpha value is -3.77. The van der Waals surface area contributed by atoms with Crippen LogP contribution in [0.3, 0.4) is 0 Å². The molecule has 1 aliphatic heterocycles. The van der Waals surface area contributed by atoms with Gasteiger partial charge < -0.3 is 14.8 Å². The summed E-state index contributed by atoms with van der Waals surface area (Å²) >= 11 is 6.04. The Kier molecular flexibility index (Phi) is 5.88. The zero-order valence-corrected chi connectivity index (χ0v) is 18.6. The summed E-state index contributed by atoms with van der Waals surface area (Å²) in [5, 5.41) is 3.66. The molecule has 3 aromatic rings. The predicted molar refractivity (Wildman–Crippen MR) is 125 cm³/mol. The molecule has 162 valence electrons. The smallest absolute Gasteiger partial charge is 0.282 e. The molecule has 0 fully saturated rings. The van der Waals surface area contributed by atoms with Crippen molar-refractivity contribution in [2.24, 2.45) is 0 Å². The fourth-order valence-corrected chi connectivity index (χ4v) is 3.68. The van der Waals surface area contributed by atoms with Crippen molar-refractivity contribution >= 4 is 40.4 Å². The van der Waals surface area contributed by atoms with Crippen LogP contribution in [0.25, 0.3) is 5.57 Å². The molecule has 0 spiro atoms. The maximum absolute atomic E-state index is 13.5. The number of nitrogens with one attached hydrogen (secondary N) is 1. The standard InChI is InChI=1S/C25H21ClN2O4/c1-15-5-4-6-19(11-15)28-24(29)22(16-7-9-17(26)10-8-16)23(25(28)30)27-18-12-20(31-2)14-21(13-18)32-3/h4-14,27H,1-3H3. The molecule has 1 N–H and O–H groups in total. The Morgan fingerprint density at radius 1 is 0.844 bits per heavy atom. The van der Waals surface area contributed by atoms with Crippen LogP contribution in [0.5, 0.6) is 11.5 Å². The molecule has 3 aromatic carbocycles.